The van der Waals surface area contributed by atoms with E-state index < -0.39 is 5.97 Å². The van der Waals surface area contributed by atoms with Crippen molar-refractivity contribution in [3.8, 4) is 0 Å². The van der Waals surface area contributed by atoms with E-state index in [2.05, 4.69) is 0 Å². The summed E-state index contributed by atoms with van der Waals surface area (Å²) in [5, 5.41) is 8.88. The fourth-order valence-electron chi connectivity index (χ4n) is 1.35. The molecule has 4 heteroatoms. The van der Waals surface area contributed by atoms with Crippen molar-refractivity contribution >= 4 is 23.2 Å². The first-order valence-electron chi connectivity index (χ1n) is 4.08. The summed E-state index contributed by atoms with van der Waals surface area (Å²) in [6.07, 6.45) is 0. The van der Waals surface area contributed by atoms with Gasteiger partial charge in [0.1, 0.15) is 4.99 Å². The molecule has 1 rings (SSSR count). The molecule has 0 saturated carbocycles. The topological polar surface area (TPSA) is 63.3 Å². The second-order valence-corrected chi connectivity index (χ2v) is 3.59. The van der Waals surface area contributed by atoms with Crippen molar-refractivity contribution in [3.05, 3.63) is 34.4 Å². The maximum absolute atomic E-state index is 10.8. The summed E-state index contributed by atoms with van der Waals surface area (Å²) in [5.74, 6) is -0.958. The van der Waals surface area contributed by atoms with Crippen LogP contribution >= 0.6 is 12.2 Å². The summed E-state index contributed by atoms with van der Waals surface area (Å²) in [6.45, 7) is 3.60. The van der Waals surface area contributed by atoms with Crippen LogP contribution in [0.15, 0.2) is 12.1 Å². The zero-order chi connectivity index (χ0) is 10.9. The molecule has 0 aliphatic rings. The van der Waals surface area contributed by atoms with Gasteiger partial charge in [-0.1, -0.05) is 18.3 Å². The Kier molecular flexibility index (Phi) is 2.86. The number of hydrogen-bond acceptors (Lipinski definition) is 2. The first-order chi connectivity index (χ1) is 6.43. The lowest BCUT2D eigenvalue weighted by Gasteiger charge is -2.07. The standard InChI is InChI=1S/C10H11NO2S/c1-5-3-6(2)8(10(12)13)4-7(5)9(11)14/h3-4H,1-2H3,(H2,11,14)(H,12,13). The molecule has 0 atom stereocenters. The molecule has 0 aliphatic carbocycles. The molecule has 0 saturated heterocycles. The number of aromatic carboxylic acids is 1. The van der Waals surface area contributed by atoms with Crippen LogP contribution in [0.5, 0.6) is 0 Å². The molecular formula is C10H11NO2S. The van der Waals surface area contributed by atoms with Gasteiger partial charge in [0.05, 0.1) is 5.56 Å². The molecule has 0 aliphatic heterocycles. The molecule has 0 unspecified atom stereocenters. The normalized spacial score (nSPS) is 9.86. The number of carboxylic acids is 1. The second-order valence-electron chi connectivity index (χ2n) is 3.15. The Hall–Kier alpha value is -1.42. The summed E-state index contributed by atoms with van der Waals surface area (Å²) in [4.78, 5) is 11.1. The van der Waals surface area contributed by atoms with Crippen LogP contribution in [0, 0.1) is 13.8 Å². The van der Waals surface area contributed by atoms with Crippen molar-refractivity contribution in [1.29, 1.82) is 0 Å². The Balaban J connectivity index is 3.42. The maximum atomic E-state index is 10.8. The molecular weight excluding hydrogens is 198 g/mol. The minimum Gasteiger partial charge on any atom is -0.478 e. The monoisotopic (exact) mass is 209 g/mol. The Morgan fingerprint density at radius 3 is 2.21 bits per heavy atom. The number of thiocarbonyl (C=S) groups is 1. The fraction of sp³-hybridized carbons (Fsp3) is 0.200. The third kappa shape index (κ3) is 1.90. The summed E-state index contributed by atoms with van der Waals surface area (Å²) >= 11 is 4.82. The molecule has 0 fully saturated rings. The number of carboxylic acid groups (broad SMARTS) is 1. The minimum absolute atomic E-state index is 0.227. The molecule has 0 radical (unpaired) electrons. The van der Waals surface area contributed by atoms with Gasteiger partial charge in [0.2, 0.25) is 0 Å². The molecule has 1 aromatic rings. The molecule has 1 aromatic carbocycles. The summed E-state index contributed by atoms with van der Waals surface area (Å²) in [5.41, 5.74) is 7.97. The zero-order valence-electron chi connectivity index (χ0n) is 8.00. The first-order valence-corrected chi connectivity index (χ1v) is 4.48. The van der Waals surface area contributed by atoms with Crippen LogP contribution in [0.3, 0.4) is 0 Å². The van der Waals surface area contributed by atoms with Crippen LogP contribution < -0.4 is 5.73 Å². The predicted molar refractivity (Wildman–Crippen MR) is 58.8 cm³/mol. The van der Waals surface area contributed by atoms with Crippen molar-refractivity contribution in [2.75, 3.05) is 0 Å². The van der Waals surface area contributed by atoms with E-state index in [4.69, 9.17) is 23.1 Å². The number of carbonyl (C=O) groups is 1. The number of nitrogens with two attached hydrogens (primary N) is 1. The Morgan fingerprint density at radius 2 is 1.79 bits per heavy atom. The lowest BCUT2D eigenvalue weighted by Crippen LogP contribution is -2.13. The molecule has 0 spiro atoms. The van der Waals surface area contributed by atoms with Gasteiger partial charge in [-0.05, 0) is 31.0 Å². The lowest BCUT2D eigenvalue weighted by atomic mass is 10.00. The smallest absolute Gasteiger partial charge is 0.335 e. The van der Waals surface area contributed by atoms with E-state index in [0.29, 0.717) is 5.56 Å². The summed E-state index contributed by atoms with van der Waals surface area (Å²) < 4.78 is 0. The van der Waals surface area contributed by atoms with Crippen LogP contribution in [-0.4, -0.2) is 16.1 Å². The van der Waals surface area contributed by atoms with Crippen LogP contribution in [-0.2, 0) is 0 Å². The van der Waals surface area contributed by atoms with Gasteiger partial charge in [0.25, 0.3) is 0 Å². The van der Waals surface area contributed by atoms with Crippen molar-refractivity contribution in [3.63, 3.8) is 0 Å². The van der Waals surface area contributed by atoms with Crippen LogP contribution in [0.1, 0.15) is 27.0 Å². The lowest BCUT2D eigenvalue weighted by molar-refractivity contribution is 0.0696. The van der Waals surface area contributed by atoms with Gasteiger partial charge < -0.3 is 10.8 Å². The highest BCUT2D eigenvalue weighted by molar-refractivity contribution is 7.80. The highest BCUT2D eigenvalue weighted by atomic mass is 32.1. The van der Waals surface area contributed by atoms with E-state index in [1.807, 2.05) is 6.92 Å². The molecule has 0 aromatic heterocycles. The highest BCUT2D eigenvalue weighted by Crippen LogP contribution is 2.16. The molecule has 3 nitrogen and oxygen atoms in total. The van der Waals surface area contributed by atoms with Gasteiger partial charge in [0, 0.05) is 5.56 Å². The van der Waals surface area contributed by atoms with E-state index in [0.717, 1.165) is 11.1 Å². The van der Waals surface area contributed by atoms with E-state index in [1.54, 1.807) is 13.0 Å². The average molecular weight is 209 g/mol. The second kappa shape index (κ2) is 3.75. The van der Waals surface area contributed by atoms with Crippen LogP contribution in [0.4, 0.5) is 0 Å². The van der Waals surface area contributed by atoms with Crippen molar-refractivity contribution in [2.24, 2.45) is 5.73 Å². The summed E-state index contributed by atoms with van der Waals surface area (Å²) in [7, 11) is 0. The highest BCUT2D eigenvalue weighted by Gasteiger charge is 2.11. The van der Waals surface area contributed by atoms with Crippen LogP contribution in [0.25, 0.3) is 0 Å². The average Bonchev–Trinajstić information content (AvgIpc) is 2.02. The third-order valence-electron chi connectivity index (χ3n) is 2.07. The molecule has 14 heavy (non-hydrogen) atoms. The van der Waals surface area contributed by atoms with E-state index >= 15 is 0 Å². The number of aryl methyl sites for hydroxylation is 2. The predicted octanol–water partition coefficient (Wildman–Crippen LogP) is 1.64. The van der Waals surface area contributed by atoms with Gasteiger partial charge >= 0.3 is 5.97 Å². The van der Waals surface area contributed by atoms with Gasteiger partial charge in [-0.15, -0.1) is 0 Å². The minimum atomic E-state index is -0.958. The van der Waals surface area contributed by atoms with Crippen molar-refractivity contribution < 1.29 is 9.90 Å². The largest absolute Gasteiger partial charge is 0.478 e. The van der Waals surface area contributed by atoms with E-state index in [9.17, 15) is 4.79 Å². The molecule has 0 amide bonds. The molecule has 0 heterocycles. The number of hydrogen-bond donors (Lipinski definition) is 2. The number of benzene rings is 1. The number of rotatable bonds is 2. The van der Waals surface area contributed by atoms with Gasteiger partial charge in [-0.2, -0.15) is 0 Å². The van der Waals surface area contributed by atoms with E-state index in [-0.39, 0.29) is 10.6 Å². The SMILES string of the molecule is Cc1cc(C)c(C(N)=S)cc1C(=O)O. The molecule has 3 N–H and O–H groups in total. The fourth-order valence-corrected chi connectivity index (χ4v) is 1.57. The Morgan fingerprint density at radius 1 is 1.29 bits per heavy atom. The Bertz CT molecular complexity index is 378. The molecule has 74 valence electrons. The van der Waals surface area contributed by atoms with Gasteiger partial charge in [0.15, 0.2) is 0 Å². The third-order valence-corrected chi connectivity index (χ3v) is 2.29. The summed E-state index contributed by atoms with van der Waals surface area (Å²) in [6, 6.07) is 3.30. The quantitative estimate of drug-likeness (QED) is 0.727. The Labute approximate surface area is 87.5 Å². The van der Waals surface area contributed by atoms with Gasteiger partial charge in [-0.25, -0.2) is 4.79 Å². The van der Waals surface area contributed by atoms with E-state index in [1.165, 1.54) is 6.07 Å². The first kappa shape index (κ1) is 10.7. The van der Waals surface area contributed by atoms with Crippen LogP contribution in [0.2, 0.25) is 0 Å². The zero-order valence-corrected chi connectivity index (χ0v) is 8.81. The van der Waals surface area contributed by atoms with Crippen molar-refractivity contribution in [2.45, 2.75) is 13.8 Å². The maximum Gasteiger partial charge on any atom is 0.335 e. The van der Waals surface area contributed by atoms with Gasteiger partial charge in [-0.3, -0.25) is 0 Å². The van der Waals surface area contributed by atoms with Crippen molar-refractivity contribution in [1.82, 2.24) is 0 Å². The molecule has 0 bridgehead atoms.